The lowest BCUT2D eigenvalue weighted by Crippen LogP contribution is -2.30. The van der Waals surface area contributed by atoms with Crippen molar-refractivity contribution in [2.24, 2.45) is 0 Å². The van der Waals surface area contributed by atoms with Crippen LogP contribution < -0.4 is 10.6 Å². The van der Waals surface area contributed by atoms with Crippen molar-refractivity contribution < 1.29 is 18.8 Å². The van der Waals surface area contributed by atoms with Gasteiger partial charge in [0.1, 0.15) is 11.5 Å². The van der Waals surface area contributed by atoms with E-state index in [1.54, 1.807) is 60.7 Å². The van der Waals surface area contributed by atoms with Crippen LogP contribution in [0, 0.1) is 12.7 Å². The van der Waals surface area contributed by atoms with Crippen molar-refractivity contribution >= 4 is 35.4 Å². The Hall–Kier alpha value is -5.10. The van der Waals surface area contributed by atoms with Crippen LogP contribution in [0.5, 0.6) is 0 Å². The van der Waals surface area contributed by atoms with Crippen LogP contribution in [-0.4, -0.2) is 17.6 Å². The first kappa shape index (κ1) is 26.0. The van der Waals surface area contributed by atoms with Crippen LogP contribution in [0.15, 0.2) is 115 Å². The summed E-state index contributed by atoms with van der Waals surface area (Å²) < 4.78 is 13.3. The van der Waals surface area contributed by atoms with Crippen LogP contribution in [0.3, 0.4) is 0 Å². The molecular weight excluding hydrogens is 479 g/mol. The number of hydrogen-bond donors (Lipinski definition) is 2. The van der Waals surface area contributed by atoms with Crippen LogP contribution in [0.1, 0.15) is 37.4 Å². The quantitative estimate of drug-likeness (QED) is 0.214. The first-order valence-corrected chi connectivity index (χ1v) is 11.9. The highest BCUT2D eigenvalue weighted by Crippen LogP contribution is 2.15. The molecule has 0 aliphatic rings. The minimum Gasteiger partial charge on any atom is -0.321 e. The van der Waals surface area contributed by atoms with E-state index in [1.807, 2.05) is 31.2 Å². The van der Waals surface area contributed by atoms with Crippen LogP contribution in [-0.2, 0) is 4.79 Å². The summed E-state index contributed by atoms with van der Waals surface area (Å²) in [6.07, 6.45) is 4.71. The van der Waals surface area contributed by atoms with Crippen LogP contribution >= 0.6 is 0 Å². The number of carbonyl (C=O) groups excluding carboxylic acids is 3. The second-order valence-electron chi connectivity index (χ2n) is 8.57. The molecule has 188 valence electrons. The number of amides is 2. The fourth-order valence-electron chi connectivity index (χ4n) is 3.53. The number of ketones is 1. The highest BCUT2D eigenvalue weighted by atomic mass is 19.1. The summed E-state index contributed by atoms with van der Waals surface area (Å²) >= 11 is 0. The van der Waals surface area contributed by atoms with E-state index in [0.717, 1.165) is 11.1 Å². The van der Waals surface area contributed by atoms with Crippen molar-refractivity contribution in [2.75, 3.05) is 5.32 Å². The Morgan fingerprint density at radius 1 is 0.711 bits per heavy atom. The van der Waals surface area contributed by atoms with Crippen molar-refractivity contribution in [2.45, 2.75) is 6.92 Å². The maximum absolute atomic E-state index is 13.3. The van der Waals surface area contributed by atoms with Gasteiger partial charge in [0.15, 0.2) is 5.78 Å². The molecule has 0 spiro atoms. The molecule has 0 heterocycles. The Morgan fingerprint density at radius 3 is 2.00 bits per heavy atom. The summed E-state index contributed by atoms with van der Waals surface area (Å²) in [5.74, 6) is -1.62. The number of anilines is 1. The van der Waals surface area contributed by atoms with Gasteiger partial charge in [-0.25, -0.2) is 4.39 Å². The second-order valence-corrected chi connectivity index (χ2v) is 8.57. The zero-order valence-electron chi connectivity index (χ0n) is 20.6. The number of allylic oxidation sites excluding steroid dienone is 1. The highest BCUT2D eigenvalue weighted by Gasteiger charge is 2.15. The summed E-state index contributed by atoms with van der Waals surface area (Å²) in [6, 6.07) is 28.3. The topological polar surface area (TPSA) is 75.3 Å². The van der Waals surface area contributed by atoms with Gasteiger partial charge in [0, 0.05) is 16.8 Å². The fourth-order valence-corrected chi connectivity index (χ4v) is 3.53. The molecule has 0 aromatic heterocycles. The molecule has 4 aromatic rings. The van der Waals surface area contributed by atoms with E-state index in [-0.39, 0.29) is 11.5 Å². The van der Waals surface area contributed by atoms with Crippen LogP contribution in [0.25, 0.3) is 12.2 Å². The number of halogens is 1. The predicted octanol–water partition coefficient (Wildman–Crippen LogP) is 6.44. The lowest BCUT2D eigenvalue weighted by Gasteiger charge is -2.12. The third-order valence-electron chi connectivity index (χ3n) is 5.64. The van der Waals surface area contributed by atoms with Crippen molar-refractivity contribution in [3.63, 3.8) is 0 Å². The minimum absolute atomic E-state index is 0.0216. The SMILES string of the molecule is Cc1ccc(/C=C/C(=O)c2ccc(NC(=O)/C(=C/c3ccc(F)cc3)NC(=O)c3ccccc3)cc2)cc1. The van der Waals surface area contributed by atoms with E-state index in [2.05, 4.69) is 10.6 Å². The molecule has 5 nitrogen and oxygen atoms in total. The first-order chi connectivity index (χ1) is 18.4. The molecule has 0 atom stereocenters. The minimum atomic E-state index is -0.572. The van der Waals surface area contributed by atoms with Gasteiger partial charge in [-0.05, 0) is 78.7 Å². The van der Waals surface area contributed by atoms with Crippen molar-refractivity contribution in [3.05, 3.63) is 149 Å². The molecular formula is C32H25FN2O3. The third kappa shape index (κ3) is 7.21. The number of hydrogen-bond acceptors (Lipinski definition) is 3. The molecule has 0 saturated carbocycles. The van der Waals surface area contributed by atoms with Gasteiger partial charge in [-0.2, -0.15) is 0 Å². The molecule has 38 heavy (non-hydrogen) atoms. The molecule has 0 radical (unpaired) electrons. The number of nitrogens with one attached hydrogen (secondary N) is 2. The first-order valence-electron chi connectivity index (χ1n) is 11.9. The average Bonchev–Trinajstić information content (AvgIpc) is 2.94. The Bertz CT molecular complexity index is 1490. The van der Waals surface area contributed by atoms with Crippen molar-refractivity contribution in [1.82, 2.24) is 5.32 Å². The van der Waals surface area contributed by atoms with Gasteiger partial charge in [-0.3, -0.25) is 14.4 Å². The highest BCUT2D eigenvalue weighted by molar-refractivity contribution is 6.11. The van der Waals surface area contributed by atoms with Gasteiger partial charge in [-0.1, -0.05) is 66.2 Å². The standard InChI is InChI=1S/C32H25FN2O3/c1-22-7-9-23(10-8-22)13-20-30(36)25-14-18-28(19-15-25)34-32(38)29(21-24-11-16-27(33)17-12-24)35-31(37)26-5-3-2-4-6-26/h2-21H,1H3,(H,34,38)(H,35,37)/b20-13+,29-21-. The number of rotatable bonds is 8. The Labute approximate surface area is 220 Å². The van der Waals surface area contributed by atoms with Gasteiger partial charge in [0.2, 0.25) is 0 Å². The molecule has 2 N–H and O–H groups in total. The van der Waals surface area contributed by atoms with Gasteiger partial charge >= 0.3 is 0 Å². The van der Waals surface area contributed by atoms with Crippen molar-refractivity contribution in [1.29, 1.82) is 0 Å². The third-order valence-corrected chi connectivity index (χ3v) is 5.64. The molecule has 0 unspecified atom stereocenters. The van der Waals surface area contributed by atoms with E-state index >= 15 is 0 Å². The summed E-state index contributed by atoms with van der Waals surface area (Å²) in [5, 5.41) is 5.37. The van der Waals surface area contributed by atoms with Crippen LogP contribution in [0.4, 0.5) is 10.1 Å². The van der Waals surface area contributed by atoms with E-state index in [1.165, 1.54) is 36.4 Å². The zero-order chi connectivity index (χ0) is 26.9. The van der Waals surface area contributed by atoms with Crippen molar-refractivity contribution in [3.8, 4) is 0 Å². The Kier molecular flexibility index (Phi) is 8.36. The summed E-state index contributed by atoms with van der Waals surface area (Å²) in [5.41, 5.74) is 3.86. The smallest absolute Gasteiger partial charge is 0.272 e. The van der Waals surface area contributed by atoms with E-state index in [9.17, 15) is 18.8 Å². The summed E-state index contributed by atoms with van der Waals surface area (Å²) in [7, 11) is 0. The van der Waals surface area contributed by atoms with Gasteiger partial charge in [0.25, 0.3) is 11.8 Å². The summed E-state index contributed by atoms with van der Waals surface area (Å²) in [6.45, 7) is 2.00. The van der Waals surface area contributed by atoms with E-state index in [0.29, 0.717) is 22.4 Å². The molecule has 0 bridgehead atoms. The molecule has 0 fully saturated rings. The molecule has 0 aliphatic carbocycles. The van der Waals surface area contributed by atoms with Gasteiger partial charge in [0.05, 0.1) is 0 Å². The number of benzene rings is 4. The zero-order valence-corrected chi connectivity index (χ0v) is 20.6. The second kappa shape index (κ2) is 12.2. The molecule has 2 amide bonds. The normalized spacial score (nSPS) is 11.3. The maximum Gasteiger partial charge on any atom is 0.272 e. The van der Waals surface area contributed by atoms with Gasteiger partial charge < -0.3 is 10.6 Å². The molecule has 0 aliphatic heterocycles. The van der Waals surface area contributed by atoms with Gasteiger partial charge in [-0.15, -0.1) is 0 Å². The molecule has 4 aromatic carbocycles. The Balaban J connectivity index is 1.48. The molecule has 4 rings (SSSR count). The van der Waals surface area contributed by atoms with Crippen LogP contribution in [0.2, 0.25) is 0 Å². The summed E-state index contributed by atoms with van der Waals surface area (Å²) in [4.78, 5) is 38.4. The number of carbonyl (C=O) groups is 3. The lowest BCUT2D eigenvalue weighted by molar-refractivity contribution is -0.113. The van der Waals surface area contributed by atoms with E-state index in [4.69, 9.17) is 0 Å². The largest absolute Gasteiger partial charge is 0.321 e. The number of aryl methyl sites for hydroxylation is 1. The lowest BCUT2D eigenvalue weighted by atomic mass is 10.1. The predicted molar refractivity (Wildman–Crippen MR) is 148 cm³/mol. The van der Waals surface area contributed by atoms with E-state index < -0.39 is 17.6 Å². The Morgan fingerprint density at radius 2 is 1.34 bits per heavy atom. The molecule has 0 saturated heterocycles. The fraction of sp³-hybridized carbons (Fsp3) is 0.0312. The maximum atomic E-state index is 13.3. The molecule has 6 heteroatoms. The average molecular weight is 505 g/mol. The monoisotopic (exact) mass is 504 g/mol.